The standard InChI is InChI=1S/C16H26/c1-5-14(4)6-7-15-8-10-16(11-9-15)12-13(2)3/h8-11,13-14H,5-7,12H2,1-4H3. The number of aryl methyl sites for hydroxylation is 1. The van der Waals surface area contributed by atoms with Gasteiger partial charge < -0.3 is 0 Å². The third kappa shape index (κ3) is 4.83. The Balaban J connectivity index is 2.45. The minimum absolute atomic E-state index is 0.756. The van der Waals surface area contributed by atoms with E-state index in [1.807, 2.05) is 0 Å². The predicted octanol–water partition coefficient (Wildman–Crippen LogP) is 4.86. The molecule has 0 spiro atoms. The fourth-order valence-corrected chi connectivity index (χ4v) is 1.93. The molecule has 0 saturated heterocycles. The minimum atomic E-state index is 0.756. The van der Waals surface area contributed by atoms with Gasteiger partial charge in [0.15, 0.2) is 0 Å². The predicted molar refractivity (Wildman–Crippen MR) is 72.8 cm³/mol. The smallest absolute Gasteiger partial charge is 0.0256 e. The highest BCUT2D eigenvalue weighted by atomic mass is 14.1. The second-order valence-electron chi connectivity index (χ2n) is 5.47. The Labute approximate surface area is 101 Å². The number of benzene rings is 1. The molecule has 0 amide bonds. The third-order valence-electron chi connectivity index (χ3n) is 3.29. The molecule has 0 radical (unpaired) electrons. The fourth-order valence-electron chi connectivity index (χ4n) is 1.93. The second kappa shape index (κ2) is 6.73. The van der Waals surface area contributed by atoms with E-state index >= 15 is 0 Å². The zero-order valence-electron chi connectivity index (χ0n) is 11.3. The van der Waals surface area contributed by atoms with Crippen molar-refractivity contribution in [2.24, 2.45) is 11.8 Å². The second-order valence-corrected chi connectivity index (χ2v) is 5.47. The molecular weight excluding hydrogens is 192 g/mol. The third-order valence-corrected chi connectivity index (χ3v) is 3.29. The van der Waals surface area contributed by atoms with E-state index in [0.717, 1.165) is 11.8 Å². The lowest BCUT2D eigenvalue weighted by atomic mass is 9.97. The molecule has 0 N–H and O–H groups in total. The van der Waals surface area contributed by atoms with Crippen LogP contribution in [0.15, 0.2) is 24.3 Å². The molecule has 0 aliphatic rings. The molecule has 0 saturated carbocycles. The molecule has 0 bridgehead atoms. The topological polar surface area (TPSA) is 0 Å². The minimum Gasteiger partial charge on any atom is -0.0651 e. The zero-order valence-corrected chi connectivity index (χ0v) is 11.3. The maximum atomic E-state index is 2.34. The van der Waals surface area contributed by atoms with Crippen LogP contribution in [0.4, 0.5) is 0 Å². The first kappa shape index (κ1) is 13.3. The van der Waals surface area contributed by atoms with Crippen molar-refractivity contribution in [3.63, 3.8) is 0 Å². The van der Waals surface area contributed by atoms with Gasteiger partial charge >= 0.3 is 0 Å². The molecule has 1 aromatic rings. The molecule has 0 aliphatic carbocycles. The Morgan fingerprint density at radius 3 is 2.00 bits per heavy atom. The van der Waals surface area contributed by atoms with E-state index in [4.69, 9.17) is 0 Å². The molecule has 0 heteroatoms. The van der Waals surface area contributed by atoms with E-state index in [0.29, 0.717) is 0 Å². The number of hydrogen-bond donors (Lipinski definition) is 0. The van der Waals surface area contributed by atoms with E-state index in [-0.39, 0.29) is 0 Å². The summed E-state index contributed by atoms with van der Waals surface area (Å²) in [5.74, 6) is 1.61. The van der Waals surface area contributed by atoms with Crippen LogP contribution >= 0.6 is 0 Å². The van der Waals surface area contributed by atoms with Crippen LogP contribution in [0.1, 0.15) is 51.7 Å². The van der Waals surface area contributed by atoms with Gasteiger partial charge in [-0.2, -0.15) is 0 Å². The van der Waals surface area contributed by atoms with E-state index < -0.39 is 0 Å². The molecule has 1 aromatic carbocycles. The summed E-state index contributed by atoms with van der Waals surface area (Å²) in [7, 11) is 0. The zero-order chi connectivity index (χ0) is 12.0. The van der Waals surface area contributed by atoms with E-state index in [1.165, 1.54) is 36.8 Å². The Bertz CT molecular complexity index is 281. The Hall–Kier alpha value is -0.780. The van der Waals surface area contributed by atoms with Crippen LogP contribution in [0.25, 0.3) is 0 Å². The summed E-state index contributed by atoms with van der Waals surface area (Å²) in [5.41, 5.74) is 2.97. The maximum absolute atomic E-state index is 2.34. The highest BCUT2D eigenvalue weighted by Crippen LogP contribution is 2.14. The molecule has 1 rings (SSSR count). The fraction of sp³-hybridized carbons (Fsp3) is 0.625. The summed E-state index contributed by atoms with van der Waals surface area (Å²) >= 11 is 0. The van der Waals surface area contributed by atoms with Crippen LogP contribution in [0.5, 0.6) is 0 Å². The molecule has 0 heterocycles. The van der Waals surface area contributed by atoms with Gasteiger partial charge in [-0.1, -0.05) is 58.4 Å². The lowest BCUT2D eigenvalue weighted by molar-refractivity contribution is 0.516. The largest absolute Gasteiger partial charge is 0.0651 e. The van der Waals surface area contributed by atoms with Gasteiger partial charge in [0.2, 0.25) is 0 Å². The maximum Gasteiger partial charge on any atom is -0.0256 e. The van der Waals surface area contributed by atoms with Crippen LogP contribution in [-0.4, -0.2) is 0 Å². The SMILES string of the molecule is CCC(C)CCc1ccc(CC(C)C)cc1. The van der Waals surface area contributed by atoms with Gasteiger partial charge in [0.1, 0.15) is 0 Å². The molecular formula is C16H26. The first-order valence-electron chi connectivity index (χ1n) is 6.69. The van der Waals surface area contributed by atoms with Crippen LogP contribution in [0.2, 0.25) is 0 Å². The summed E-state index contributed by atoms with van der Waals surface area (Å²) < 4.78 is 0. The molecule has 0 fully saturated rings. The summed E-state index contributed by atoms with van der Waals surface area (Å²) in [6, 6.07) is 9.21. The molecule has 0 aliphatic heterocycles. The van der Waals surface area contributed by atoms with Crippen molar-refractivity contribution in [3.05, 3.63) is 35.4 Å². The number of rotatable bonds is 6. The van der Waals surface area contributed by atoms with Crippen LogP contribution < -0.4 is 0 Å². The molecule has 1 unspecified atom stereocenters. The Morgan fingerprint density at radius 2 is 1.50 bits per heavy atom. The number of hydrogen-bond acceptors (Lipinski definition) is 0. The highest BCUT2D eigenvalue weighted by Gasteiger charge is 2.01. The quantitative estimate of drug-likeness (QED) is 0.639. The van der Waals surface area contributed by atoms with Gasteiger partial charge in [-0.05, 0) is 42.2 Å². The van der Waals surface area contributed by atoms with Crippen molar-refractivity contribution in [3.8, 4) is 0 Å². The lowest BCUT2D eigenvalue weighted by Crippen LogP contribution is -1.97. The molecule has 16 heavy (non-hydrogen) atoms. The molecule has 0 aromatic heterocycles. The van der Waals surface area contributed by atoms with Crippen LogP contribution in [0.3, 0.4) is 0 Å². The van der Waals surface area contributed by atoms with Crippen molar-refractivity contribution >= 4 is 0 Å². The van der Waals surface area contributed by atoms with Gasteiger partial charge in [-0.3, -0.25) is 0 Å². The van der Waals surface area contributed by atoms with Gasteiger partial charge in [-0.25, -0.2) is 0 Å². The van der Waals surface area contributed by atoms with E-state index in [2.05, 4.69) is 52.0 Å². The van der Waals surface area contributed by atoms with Crippen molar-refractivity contribution < 1.29 is 0 Å². The van der Waals surface area contributed by atoms with Crippen LogP contribution in [-0.2, 0) is 12.8 Å². The van der Waals surface area contributed by atoms with Crippen molar-refractivity contribution in [1.82, 2.24) is 0 Å². The monoisotopic (exact) mass is 218 g/mol. The Kier molecular flexibility index (Phi) is 5.59. The van der Waals surface area contributed by atoms with Gasteiger partial charge in [0.05, 0.1) is 0 Å². The average molecular weight is 218 g/mol. The summed E-state index contributed by atoms with van der Waals surface area (Å²) in [4.78, 5) is 0. The summed E-state index contributed by atoms with van der Waals surface area (Å²) in [6.07, 6.45) is 5.05. The van der Waals surface area contributed by atoms with E-state index in [9.17, 15) is 0 Å². The first-order valence-corrected chi connectivity index (χ1v) is 6.69. The Morgan fingerprint density at radius 1 is 0.938 bits per heavy atom. The van der Waals surface area contributed by atoms with Gasteiger partial charge in [-0.15, -0.1) is 0 Å². The summed E-state index contributed by atoms with van der Waals surface area (Å²) in [5, 5.41) is 0. The van der Waals surface area contributed by atoms with Crippen molar-refractivity contribution in [2.75, 3.05) is 0 Å². The first-order chi connectivity index (χ1) is 7.61. The van der Waals surface area contributed by atoms with Crippen molar-refractivity contribution in [1.29, 1.82) is 0 Å². The van der Waals surface area contributed by atoms with Crippen molar-refractivity contribution in [2.45, 2.75) is 53.4 Å². The molecule has 0 nitrogen and oxygen atoms in total. The van der Waals surface area contributed by atoms with E-state index in [1.54, 1.807) is 0 Å². The average Bonchev–Trinajstić information content (AvgIpc) is 2.27. The van der Waals surface area contributed by atoms with Gasteiger partial charge in [0, 0.05) is 0 Å². The molecule has 1 atom stereocenters. The molecule has 90 valence electrons. The highest BCUT2D eigenvalue weighted by molar-refractivity contribution is 5.22. The van der Waals surface area contributed by atoms with Gasteiger partial charge in [0.25, 0.3) is 0 Å². The normalized spacial score (nSPS) is 13.1. The lowest BCUT2D eigenvalue weighted by Gasteiger charge is -2.09. The van der Waals surface area contributed by atoms with Crippen LogP contribution in [0, 0.1) is 11.8 Å². The summed E-state index contributed by atoms with van der Waals surface area (Å²) in [6.45, 7) is 9.16.